The van der Waals surface area contributed by atoms with Crippen LogP contribution in [0.25, 0.3) is 11.3 Å². The molecule has 2 aromatic heterocycles. The van der Waals surface area contributed by atoms with Gasteiger partial charge in [-0.1, -0.05) is 23.7 Å². The molecule has 0 aliphatic rings. The van der Waals surface area contributed by atoms with Crippen LogP contribution in [0, 0.1) is 0 Å². The number of halogens is 1. The highest BCUT2D eigenvalue weighted by Gasteiger charge is 2.11. The van der Waals surface area contributed by atoms with Gasteiger partial charge in [-0.15, -0.1) is 0 Å². The molecule has 0 saturated carbocycles. The van der Waals surface area contributed by atoms with E-state index in [1.165, 1.54) is 0 Å². The topological polar surface area (TPSA) is 60.2 Å². The monoisotopic (exact) mass is 343 g/mol. The number of nitrogens with zero attached hydrogens (tertiary/aromatic N) is 3. The second-order valence-corrected chi connectivity index (χ2v) is 5.87. The van der Waals surface area contributed by atoms with Gasteiger partial charge in [0.15, 0.2) is 0 Å². The Morgan fingerprint density at radius 1 is 1.04 bits per heavy atom. The lowest BCUT2D eigenvalue weighted by atomic mass is 10.2. The zero-order chi connectivity index (χ0) is 16.8. The van der Waals surface area contributed by atoms with Crippen LogP contribution < -0.4 is 0 Å². The van der Waals surface area contributed by atoms with E-state index in [1.54, 1.807) is 23.3 Å². The summed E-state index contributed by atoms with van der Waals surface area (Å²) in [6.07, 6.45) is 4.55. The van der Waals surface area contributed by atoms with Crippen molar-refractivity contribution in [2.45, 2.75) is 19.3 Å². The molecule has 124 valence electrons. The lowest BCUT2D eigenvalue weighted by Crippen LogP contribution is -2.23. The van der Waals surface area contributed by atoms with E-state index in [0.29, 0.717) is 18.2 Å². The lowest BCUT2D eigenvalue weighted by molar-refractivity contribution is 0.0189. The second kappa shape index (κ2) is 8.06. The van der Waals surface area contributed by atoms with Crippen molar-refractivity contribution in [2.75, 3.05) is 6.61 Å². The Balaban J connectivity index is 1.53. The molecule has 2 heterocycles. The standard InChI is InChI=1S/C18H18ClN3O2/c19-16-3-1-14(2-4-16)12-24-13-17(23)11-22-18(7-10-21-22)15-5-8-20-9-6-15/h1-10,17,23H,11-13H2. The van der Waals surface area contributed by atoms with Crippen molar-refractivity contribution in [1.82, 2.24) is 14.8 Å². The summed E-state index contributed by atoms with van der Waals surface area (Å²) in [4.78, 5) is 4.01. The van der Waals surface area contributed by atoms with Gasteiger partial charge in [-0.25, -0.2) is 0 Å². The van der Waals surface area contributed by atoms with Gasteiger partial charge in [0, 0.05) is 29.2 Å². The summed E-state index contributed by atoms with van der Waals surface area (Å²) in [5.74, 6) is 0. The van der Waals surface area contributed by atoms with E-state index in [0.717, 1.165) is 16.8 Å². The van der Waals surface area contributed by atoms with Gasteiger partial charge in [0.1, 0.15) is 0 Å². The number of hydrogen-bond acceptors (Lipinski definition) is 4. The highest BCUT2D eigenvalue weighted by Crippen LogP contribution is 2.18. The molecule has 1 aromatic carbocycles. The average molecular weight is 344 g/mol. The summed E-state index contributed by atoms with van der Waals surface area (Å²) in [5.41, 5.74) is 2.97. The summed E-state index contributed by atoms with van der Waals surface area (Å²) in [5, 5.41) is 15.2. The van der Waals surface area contributed by atoms with Gasteiger partial charge in [0.05, 0.1) is 31.6 Å². The third-order valence-electron chi connectivity index (χ3n) is 3.57. The molecule has 0 amide bonds. The summed E-state index contributed by atoms with van der Waals surface area (Å²) in [7, 11) is 0. The zero-order valence-electron chi connectivity index (χ0n) is 13.0. The molecule has 0 fully saturated rings. The van der Waals surface area contributed by atoms with Crippen LogP contribution in [0.2, 0.25) is 5.02 Å². The number of aromatic nitrogens is 3. The number of aliphatic hydroxyl groups excluding tert-OH is 1. The number of aliphatic hydroxyl groups is 1. The SMILES string of the molecule is OC(COCc1ccc(Cl)cc1)Cn1nccc1-c1ccncc1. The fraction of sp³-hybridized carbons (Fsp3) is 0.222. The first-order chi connectivity index (χ1) is 11.7. The third-order valence-corrected chi connectivity index (χ3v) is 3.82. The molecule has 0 bridgehead atoms. The van der Waals surface area contributed by atoms with Gasteiger partial charge in [0.25, 0.3) is 0 Å². The summed E-state index contributed by atoms with van der Waals surface area (Å²) in [6.45, 7) is 1.04. The van der Waals surface area contributed by atoms with E-state index in [9.17, 15) is 5.11 Å². The van der Waals surface area contributed by atoms with Gasteiger partial charge in [0.2, 0.25) is 0 Å². The van der Waals surface area contributed by atoms with Crippen molar-refractivity contribution < 1.29 is 9.84 Å². The van der Waals surface area contributed by atoms with E-state index in [4.69, 9.17) is 16.3 Å². The zero-order valence-corrected chi connectivity index (χ0v) is 13.8. The molecule has 0 spiro atoms. The van der Waals surface area contributed by atoms with Crippen LogP contribution in [0.15, 0.2) is 61.1 Å². The van der Waals surface area contributed by atoms with Crippen LogP contribution in [0.1, 0.15) is 5.56 Å². The van der Waals surface area contributed by atoms with E-state index < -0.39 is 6.10 Å². The molecular formula is C18H18ClN3O2. The van der Waals surface area contributed by atoms with Crippen LogP contribution in [0.3, 0.4) is 0 Å². The maximum atomic E-state index is 10.2. The second-order valence-electron chi connectivity index (χ2n) is 5.43. The van der Waals surface area contributed by atoms with Crippen molar-refractivity contribution in [3.05, 3.63) is 71.6 Å². The highest BCUT2D eigenvalue weighted by molar-refractivity contribution is 6.30. The normalized spacial score (nSPS) is 12.2. The smallest absolute Gasteiger partial charge is 0.0969 e. The Morgan fingerprint density at radius 3 is 2.54 bits per heavy atom. The van der Waals surface area contributed by atoms with Gasteiger partial charge >= 0.3 is 0 Å². The van der Waals surface area contributed by atoms with Crippen LogP contribution in [0.4, 0.5) is 0 Å². The van der Waals surface area contributed by atoms with Gasteiger partial charge < -0.3 is 9.84 Å². The largest absolute Gasteiger partial charge is 0.389 e. The summed E-state index contributed by atoms with van der Waals surface area (Å²) in [6, 6.07) is 13.2. The molecule has 0 radical (unpaired) electrons. The van der Waals surface area contributed by atoms with Crippen molar-refractivity contribution in [3.8, 4) is 11.3 Å². The minimum atomic E-state index is -0.641. The van der Waals surface area contributed by atoms with Crippen molar-refractivity contribution >= 4 is 11.6 Å². The molecular weight excluding hydrogens is 326 g/mol. The fourth-order valence-corrected chi connectivity index (χ4v) is 2.52. The minimum absolute atomic E-state index is 0.234. The predicted octanol–water partition coefficient (Wildman–Crippen LogP) is 3.18. The predicted molar refractivity (Wildman–Crippen MR) is 92.6 cm³/mol. The molecule has 24 heavy (non-hydrogen) atoms. The number of pyridine rings is 1. The van der Waals surface area contributed by atoms with Crippen LogP contribution in [-0.2, 0) is 17.9 Å². The Labute approximate surface area is 145 Å². The Kier molecular flexibility index (Phi) is 5.59. The quantitative estimate of drug-likeness (QED) is 0.715. The van der Waals surface area contributed by atoms with Crippen molar-refractivity contribution in [1.29, 1.82) is 0 Å². The first kappa shape index (κ1) is 16.6. The summed E-state index contributed by atoms with van der Waals surface area (Å²) >= 11 is 5.85. The first-order valence-corrected chi connectivity index (χ1v) is 8.02. The molecule has 5 nitrogen and oxygen atoms in total. The molecule has 0 aliphatic carbocycles. The molecule has 1 atom stereocenters. The lowest BCUT2D eigenvalue weighted by Gasteiger charge is -2.14. The number of rotatable bonds is 7. The number of benzene rings is 1. The third kappa shape index (κ3) is 4.41. The first-order valence-electron chi connectivity index (χ1n) is 7.65. The van der Waals surface area contributed by atoms with E-state index in [2.05, 4.69) is 10.1 Å². The van der Waals surface area contributed by atoms with Crippen LogP contribution in [0.5, 0.6) is 0 Å². The molecule has 1 N–H and O–H groups in total. The molecule has 1 unspecified atom stereocenters. The van der Waals surface area contributed by atoms with E-state index in [-0.39, 0.29) is 6.61 Å². The van der Waals surface area contributed by atoms with Crippen LogP contribution >= 0.6 is 11.6 Å². The molecule has 3 rings (SSSR count). The average Bonchev–Trinajstić information content (AvgIpc) is 3.05. The maximum Gasteiger partial charge on any atom is 0.0969 e. The van der Waals surface area contributed by atoms with Crippen molar-refractivity contribution in [2.24, 2.45) is 0 Å². The summed E-state index contributed by atoms with van der Waals surface area (Å²) < 4.78 is 7.34. The van der Waals surface area contributed by atoms with Gasteiger partial charge in [-0.3, -0.25) is 9.67 Å². The molecule has 6 heteroatoms. The minimum Gasteiger partial charge on any atom is -0.389 e. The molecule has 0 saturated heterocycles. The number of hydrogen-bond donors (Lipinski definition) is 1. The highest BCUT2D eigenvalue weighted by atomic mass is 35.5. The Bertz CT molecular complexity index is 759. The van der Waals surface area contributed by atoms with Crippen LogP contribution in [-0.4, -0.2) is 32.6 Å². The fourth-order valence-electron chi connectivity index (χ4n) is 2.39. The Hall–Kier alpha value is -2.21. The molecule has 0 aliphatic heterocycles. The van der Waals surface area contributed by atoms with Gasteiger partial charge in [-0.2, -0.15) is 5.10 Å². The van der Waals surface area contributed by atoms with Gasteiger partial charge in [-0.05, 0) is 35.9 Å². The van der Waals surface area contributed by atoms with Crippen molar-refractivity contribution in [3.63, 3.8) is 0 Å². The maximum absolute atomic E-state index is 10.2. The van der Waals surface area contributed by atoms with E-state index >= 15 is 0 Å². The number of ether oxygens (including phenoxy) is 1. The Morgan fingerprint density at radius 2 is 1.79 bits per heavy atom. The van der Waals surface area contributed by atoms with E-state index in [1.807, 2.05) is 42.5 Å². The molecule has 3 aromatic rings.